The molecule has 2 amide bonds. The predicted molar refractivity (Wildman–Crippen MR) is 155 cm³/mol. The molecule has 1 saturated heterocycles. The maximum Gasteiger partial charge on any atom is 0.410 e. The van der Waals surface area contributed by atoms with E-state index in [2.05, 4.69) is 10.2 Å². The summed E-state index contributed by atoms with van der Waals surface area (Å²) in [5.74, 6) is -1.08. The van der Waals surface area contributed by atoms with E-state index in [9.17, 15) is 14.4 Å². The van der Waals surface area contributed by atoms with E-state index in [1.807, 2.05) is 61.5 Å². The number of nitrogen functional groups attached to an aromatic ring is 1. The standard InChI is InChI=1S/C27H44N4O6.C2H6/c1-25(2,3)35-17-21(23(33)36-26(4,5)6)29-22(32)19-16-18(10-11-20(19)28)30-12-14-31(15-13-30)24(34)37-27(7,8)9;1-2/h10-11,16,21H,12-15,17,28H2,1-9H3,(H,29,32);1-2H3. The van der Waals surface area contributed by atoms with Crippen LogP contribution < -0.4 is 16.0 Å². The van der Waals surface area contributed by atoms with Crippen LogP contribution in [0.5, 0.6) is 0 Å². The monoisotopic (exact) mass is 550 g/mol. The number of nitrogens with two attached hydrogens (primary N) is 1. The van der Waals surface area contributed by atoms with Gasteiger partial charge in [-0.1, -0.05) is 13.8 Å². The number of rotatable bonds is 6. The Morgan fingerprint density at radius 2 is 1.41 bits per heavy atom. The third kappa shape index (κ3) is 12.1. The first kappa shape index (κ1) is 34.0. The van der Waals surface area contributed by atoms with E-state index in [0.717, 1.165) is 5.69 Å². The number of piperazine rings is 1. The summed E-state index contributed by atoms with van der Waals surface area (Å²) in [6, 6.07) is 4.19. The molecular formula is C29H50N4O6. The molecule has 1 atom stereocenters. The predicted octanol–water partition coefficient (Wildman–Crippen LogP) is 4.61. The van der Waals surface area contributed by atoms with Crippen molar-refractivity contribution in [2.45, 2.75) is 99.0 Å². The van der Waals surface area contributed by atoms with Gasteiger partial charge in [0.1, 0.15) is 11.2 Å². The van der Waals surface area contributed by atoms with Gasteiger partial charge in [-0.05, 0) is 80.5 Å². The van der Waals surface area contributed by atoms with Crippen LogP contribution in [0.2, 0.25) is 0 Å². The summed E-state index contributed by atoms with van der Waals surface area (Å²) in [6.07, 6.45) is -0.338. The number of nitrogens with one attached hydrogen (secondary N) is 1. The number of carbonyl (C=O) groups excluding carboxylic acids is 3. The lowest BCUT2D eigenvalue weighted by Crippen LogP contribution is -2.50. The Labute approximate surface area is 234 Å². The van der Waals surface area contributed by atoms with Gasteiger partial charge in [0.25, 0.3) is 5.91 Å². The summed E-state index contributed by atoms with van der Waals surface area (Å²) in [5, 5.41) is 2.74. The Hall–Kier alpha value is -3.01. The molecule has 0 aromatic heterocycles. The number of anilines is 2. The van der Waals surface area contributed by atoms with Gasteiger partial charge in [0.15, 0.2) is 6.04 Å². The highest BCUT2D eigenvalue weighted by molar-refractivity contribution is 6.02. The molecule has 1 unspecified atom stereocenters. The van der Waals surface area contributed by atoms with E-state index in [0.29, 0.717) is 26.2 Å². The lowest BCUT2D eigenvalue weighted by Gasteiger charge is -2.37. The van der Waals surface area contributed by atoms with Gasteiger partial charge < -0.3 is 35.1 Å². The molecule has 1 aromatic carbocycles. The van der Waals surface area contributed by atoms with Gasteiger partial charge in [0.2, 0.25) is 0 Å². The summed E-state index contributed by atoms with van der Waals surface area (Å²) in [5.41, 5.74) is 5.69. The van der Waals surface area contributed by atoms with Crippen molar-refractivity contribution in [3.63, 3.8) is 0 Å². The van der Waals surface area contributed by atoms with Gasteiger partial charge in [-0.15, -0.1) is 0 Å². The van der Waals surface area contributed by atoms with Crippen LogP contribution in [0, 0.1) is 0 Å². The highest BCUT2D eigenvalue weighted by atomic mass is 16.6. The molecule has 0 spiro atoms. The number of esters is 1. The van der Waals surface area contributed by atoms with Crippen molar-refractivity contribution in [1.29, 1.82) is 0 Å². The highest BCUT2D eigenvalue weighted by Gasteiger charge is 2.30. The first-order valence-corrected chi connectivity index (χ1v) is 13.6. The maximum absolute atomic E-state index is 13.2. The fraction of sp³-hybridized carbons (Fsp3) is 0.690. The summed E-state index contributed by atoms with van der Waals surface area (Å²) >= 11 is 0. The van der Waals surface area contributed by atoms with Crippen LogP contribution >= 0.6 is 0 Å². The van der Waals surface area contributed by atoms with Crippen molar-refractivity contribution in [3.8, 4) is 0 Å². The molecule has 0 aliphatic carbocycles. The Kier molecular flexibility index (Phi) is 12.1. The molecule has 1 aliphatic rings. The van der Waals surface area contributed by atoms with Crippen LogP contribution in [-0.4, -0.2) is 78.5 Å². The summed E-state index contributed by atoms with van der Waals surface area (Å²) in [7, 11) is 0. The normalized spacial score (nSPS) is 15.1. The van der Waals surface area contributed by atoms with Gasteiger partial charge in [-0.2, -0.15) is 0 Å². The van der Waals surface area contributed by atoms with E-state index in [1.165, 1.54) is 0 Å². The van der Waals surface area contributed by atoms with Crippen molar-refractivity contribution in [3.05, 3.63) is 23.8 Å². The van der Waals surface area contributed by atoms with E-state index in [1.54, 1.807) is 37.8 Å². The van der Waals surface area contributed by atoms with Gasteiger partial charge in [0.05, 0.1) is 17.8 Å². The molecule has 3 N–H and O–H groups in total. The van der Waals surface area contributed by atoms with Gasteiger partial charge >= 0.3 is 12.1 Å². The first-order chi connectivity index (χ1) is 17.8. The molecule has 1 aromatic rings. The molecule has 0 saturated carbocycles. The third-order valence-corrected chi connectivity index (χ3v) is 5.26. The van der Waals surface area contributed by atoms with Crippen molar-refractivity contribution >= 4 is 29.3 Å². The van der Waals surface area contributed by atoms with Crippen LogP contribution in [-0.2, 0) is 19.0 Å². The fourth-order valence-corrected chi connectivity index (χ4v) is 3.52. The third-order valence-electron chi connectivity index (χ3n) is 5.26. The number of benzene rings is 1. The largest absolute Gasteiger partial charge is 0.458 e. The molecule has 10 heteroatoms. The second kappa shape index (κ2) is 13.9. The highest BCUT2D eigenvalue weighted by Crippen LogP contribution is 2.24. The Balaban J connectivity index is 0.00000371. The Morgan fingerprint density at radius 1 is 0.872 bits per heavy atom. The lowest BCUT2D eigenvalue weighted by atomic mass is 10.1. The van der Waals surface area contributed by atoms with Crippen molar-refractivity contribution < 1.29 is 28.6 Å². The maximum atomic E-state index is 13.2. The zero-order chi connectivity index (χ0) is 30.2. The Bertz CT molecular complexity index is 967. The van der Waals surface area contributed by atoms with Crippen molar-refractivity contribution in [2.75, 3.05) is 43.4 Å². The number of hydrogen-bond acceptors (Lipinski definition) is 8. The van der Waals surface area contributed by atoms with Gasteiger partial charge in [0, 0.05) is 37.6 Å². The minimum absolute atomic E-state index is 0.0453. The number of nitrogens with zero attached hydrogens (tertiary/aromatic N) is 2. The second-order valence-electron chi connectivity index (χ2n) is 12.2. The van der Waals surface area contributed by atoms with E-state index in [-0.39, 0.29) is 24.0 Å². The molecule has 222 valence electrons. The van der Waals surface area contributed by atoms with E-state index >= 15 is 0 Å². The smallest absolute Gasteiger partial charge is 0.410 e. The average molecular weight is 551 g/mol. The first-order valence-electron chi connectivity index (χ1n) is 13.6. The van der Waals surface area contributed by atoms with E-state index in [4.69, 9.17) is 19.9 Å². The van der Waals surface area contributed by atoms with Crippen LogP contribution in [0.3, 0.4) is 0 Å². The number of amides is 2. The zero-order valence-corrected chi connectivity index (χ0v) is 25.8. The zero-order valence-electron chi connectivity index (χ0n) is 25.8. The van der Waals surface area contributed by atoms with Crippen molar-refractivity contribution in [1.82, 2.24) is 10.2 Å². The summed E-state index contributed by atoms with van der Waals surface area (Å²) in [4.78, 5) is 42.2. The molecule has 0 radical (unpaired) electrons. The van der Waals surface area contributed by atoms with Crippen LogP contribution in [0.15, 0.2) is 18.2 Å². The molecule has 1 aliphatic heterocycles. The van der Waals surface area contributed by atoms with Gasteiger partial charge in [-0.25, -0.2) is 9.59 Å². The molecule has 2 rings (SSSR count). The second-order valence-corrected chi connectivity index (χ2v) is 12.2. The molecule has 0 bridgehead atoms. The lowest BCUT2D eigenvalue weighted by molar-refractivity contribution is -0.160. The van der Waals surface area contributed by atoms with Crippen LogP contribution in [0.25, 0.3) is 0 Å². The summed E-state index contributed by atoms with van der Waals surface area (Å²) < 4.78 is 16.7. The SMILES string of the molecule is CC.CC(C)(C)OCC(NC(=O)c1cc(N2CCN(C(=O)OC(C)(C)C)CC2)ccc1N)C(=O)OC(C)(C)C. The number of carbonyl (C=O) groups is 3. The molecule has 1 heterocycles. The average Bonchev–Trinajstić information content (AvgIpc) is 2.80. The molecule has 39 heavy (non-hydrogen) atoms. The quantitative estimate of drug-likeness (QED) is 0.389. The topological polar surface area (TPSA) is 123 Å². The molecule has 1 fully saturated rings. The van der Waals surface area contributed by atoms with E-state index < -0.39 is 34.7 Å². The van der Waals surface area contributed by atoms with Crippen LogP contribution in [0.1, 0.15) is 86.5 Å². The Morgan fingerprint density at radius 3 is 1.90 bits per heavy atom. The van der Waals surface area contributed by atoms with Gasteiger partial charge in [-0.3, -0.25) is 4.79 Å². The fourth-order valence-electron chi connectivity index (χ4n) is 3.52. The minimum atomic E-state index is -1.01. The van der Waals surface area contributed by atoms with Crippen molar-refractivity contribution in [2.24, 2.45) is 0 Å². The number of hydrogen-bond donors (Lipinski definition) is 2. The molecular weight excluding hydrogens is 500 g/mol. The van der Waals surface area contributed by atoms with Crippen LogP contribution in [0.4, 0.5) is 16.2 Å². The number of ether oxygens (including phenoxy) is 3. The minimum Gasteiger partial charge on any atom is -0.458 e. The summed E-state index contributed by atoms with van der Waals surface area (Å²) in [6.45, 7) is 22.5. The molecule has 10 nitrogen and oxygen atoms in total.